The normalized spacial score (nSPS) is 11.9. The van der Waals surface area contributed by atoms with E-state index in [2.05, 4.69) is 0 Å². The molecule has 0 amide bonds. The third kappa shape index (κ3) is 2.97. The number of benzene rings is 1. The molecule has 0 aliphatic rings. The molecule has 1 unspecified atom stereocenters. The first-order valence-electron chi connectivity index (χ1n) is 5.23. The molecule has 0 aliphatic carbocycles. The number of halogens is 1. The van der Waals surface area contributed by atoms with Crippen molar-refractivity contribution < 1.29 is 14.3 Å². The predicted octanol–water partition coefficient (Wildman–Crippen LogP) is 2.26. The van der Waals surface area contributed by atoms with Crippen LogP contribution in [0.5, 0.6) is 0 Å². The first-order chi connectivity index (χ1) is 7.99. The van der Waals surface area contributed by atoms with Gasteiger partial charge in [-0.25, -0.2) is 4.79 Å². The Morgan fingerprint density at radius 2 is 2.12 bits per heavy atom. The van der Waals surface area contributed by atoms with Gasteiger partial charge in [-0.15, -0.1) is 11.6 Å². The van der Waals surface area contributed by atoms with Gasteiger partial charge in [0.2, 0.25) is 0 Å². The highest BCUT2D eigenvalue weighted by Gasteiger charge is 2.23. The summed E-state index contributed by atoms with van der Waals surface area (Å²) in [7, 11) is 0. The molecule has 4 nitrogen and oxygen atoms in total. The van der Waals surface area contributed by atoms with E-state index in [4.69, 9.17) is 22.1 Å². The molecule has 0 aliphatic heterocycles. The highest BCUT2D eigenvalue weighted by Crippen LogP contribution is 2.21. The lowest BCUT2D eigenvalue weighted by Gasteiger charge is -2.11. The summed E-state index contributed by atoms with van der Waals surface area (Å²) in [5, 5.41) is -0.718. The second kappa shape index (κ2) is 5.68. The first kappa shape index (κ1) is 13.5. The molecule has 0 aromatic heterocycles. The van der Waals surface area contributed by atoms with Gasteiger partial charge in [0.1, 0.15) is 0 Å². The Kier molecular flexibility index (Phi) is 4.52. The Hall–Kier alpha value is -1.55. The maximum Gasteiger partial charge on any atom is 0.340 e. The Balaban J connectivity index is 3.26. The van der Waals surface area contributed by atoms with Gasteiger partial charge >= 0.3 is 5.97 Å². The average Bonchev–Trinajstić information content (AvgIpc) is 2.27. The van der Waals surface area contributed by atoms with Gasteiger partial charge in [0, 0.05) is 11.3 Å². The van der Waals surface area contributed by atoms with Gasteiger partial charge in [0.25, 0.3) is 0 Å². The number of hydrogen-bond acceptors (Lipinski definition) is 4. The van der Waals surface area contributed by atoms with Crippen molar-refractivity contribution in [1.82, 2.24) is 0 Å². The number of alkyl halides is 1. The number of hydrogen-bond donors (Lipinski definition) is 1. The number of carbonyl (C=O) groups is 2. The topological polar surface area (TPSA) is 69.4 Å². The minimum atomic E-state index is -0.718. The van der Waals surface area contributed by atoms with E-state index in [1.54, 1.807) is 26.0 Å². The summed E-state index contributed by atoms with van der Waals surface area (Å²) in [5.74, 6) is -0.951. The molecule has 0 heterocycles. The van der Waals surface area contributed by atoms with Crippen LogP contribution in [-0.2, 0) is 4.74 Å². The number of ether oxygens (including phenoxy) is 1. The number of carbonyl (C=O) groups excluding carboxylic acids is 2. The van der Waals surface area contributed by atoms with Crippen molar-refractivity contribution in [2.45, 2.75) is 19.2 Å². The standard InChI is InChI=1S/C12H14ClNO3/c1-3-17-12(16)10-8(11(15)7(2)13)5-4-6-9(10)14/h4-7H,3,14H2,1-2H3. The summed E-state index contributed by atoms with van der Waals surface area (Å²) in [6.07, 6.45) is 0. The Morgan fingerprint density at radius 1 is 1.47 bits per heavy atom. The van der Waals surface area contributed by atoms with Crippen LogP contribution in [0.15, 0.2) is 18.2 Å². The second-order valence-electron chi connectivity index (χ2n) is 3.47. The molecule has 0 radical (unpaired) electrons. The molecule has 92 valence electrons. The third-order valence-corrected chi connectivity index (χ3v) is 2.40. The van der Waals surface area contributed by atoms with Crippen molar-refractivity contribution in [1.29, 1.82) is 0 Å². The van der Waals surface area contributed by atoms with Crippen LogP contribution in [0.25, 0.3) is 0 Å². The largest absolute Gasteiger partial charge is 0.462 e. The number of ketones is 1. The van der Waals surface area contributed by atoms with Crippen molar-refractivity contribution in [3.8, 4) is 0 Å². The Labute approximate surface area is 105 Å². The van der Waals surface area contributed by atoms with Gasteiger partial charge in [0.05, 0.1) is 17.5 Å². The molecule has 1 atom stereocenters. The van der Waals surface area contributed by atoms with Gasteiger partial charge in [-0.05, 0) is 19.9 Å². The molecular weight excluding hydrogens is 242 g/mol. The van der Waals surface area contributed by atoms with E-state index in [9.17, 15) is 9.59 Å². The molecule has 0 bridgehead atoms. The molecule has 0 spiro atoms. The van der Waals surface area contributed by atoms with E-state index in [0.29, 0.717) is 0 Å². The van der Waals surface area contributed by atoms with Gasteiger partial charge in [0.15, 0.2) is 5.78 Å². The molecule has 1 rings (SSSR count). The summed E-state index contributed by atoms with van der Waals surface area (Å²) in [4.78, 5) is 23.5. The van der Waals surface area contributed by atoms with E-state index < -0.39 is 11.3 Å². The van der Waals surface area contributed by atoms with Crippen molar-refractivity contribution >= 4 is 29.0 Å². The highest BCUT2D eigenvalue weighted by atomic mass is 35.5. The lowest BCUT2D eigenvalue weighted by Crippen LogP contribution is -2.18. The van der Waals surface area contributed by atoms with Crippen LogP contribution in [-0.4, -0.2) is 23.7 Å². The zero-order chi connectivity index (χ0) is 13.0. The van der Waals surface area contributed by atoms with Gasteiger partial charge in [-0.3, -0.25) is 4.79 Å². The number of anilines is 1. The lowest BCUT2D eigenvalue weighted by atomic mass is 10.0. The summed E-state index contributed by atoms with van der Waals surface area (Å²) in [6, 6.07) is 4.66. The molecule has 0 fully saturated rings. The molecule has 0 saturated heterocycles. The van der Waals surface area contributed by atoms with Crippen molar-refractivity contribution in [3.05, 3.63) is 29.3 Å². The van der Waals surface area contributed by atoms with Crippen LogP contribution in [0.3, 0.4) is 0 Å². The fourth-order valence-electron chi connectivity index (χ4n) is 1.42. The number of esters is 1. The monoisotopic (exact) mass is 255 g/mol. The molecule has 17 heavy (non-hydrogen) atoms. The molecule has 1 aromatic rings. The molecule has 2 N–H and O–H groups in total. The summed E-state index contributed by atoms with van der Waals surface area (Å²) >= 11 is 5.73. The Bertz CT molecular complexity index is 443. The summed E-state index contributed by atoms with van der Waals surface area (Å²) in [6.45, 7) is 3.45. The van der Waals surface area contributed by atoms with E-state index in [-0.39, 0.29) is 29.2 Å². The van der Waals surface area contributed by atoms with Crippen LogP contribution in [0.1, 0.15) is 34.6 Å². The summed E-state index contributed by atoms with van der Waals surface area (Å²) in [5.41, 5.74) is 6.20. The van der Waals surface area contributed by atoms with Crippen molar-refractivity contribution in [3.63, 3.8) is 0 Å². The minimum Gasteiger partial charge on any atom is -0.462 e. The highest BCUT2D eigenvalue weighted by molar-refractivity contribution is 6.34. The van der Waals surface area contributed by atoms with Gasteiger partial charge in [-0.2, -0.15) is 0 Å². The molecule has 5 heteroatoms. The first-order valence-corrected chi connectivity index (χ1v) is 5.66. The number of nitrogen functional groups attached to an aromatic ring is 1. The molecule has 1 aromatic carbocycles. The fourth-order valence-corrected chi connectivity index (χ4v) is 1.54. The van der Waals surface area contributed by atoms with Crippen LogP contribution in [0, 0.1) is 0 Å². The van der Waals surface area contributed by atoms with Crippen LogP contribution in [0.4, 0.5) is 5.69 Å². The maximum absolute atomic E-state index is 11.8. The third-order valence-electron chi connectivity index (χ3n) is 2.20. The predicted molar refractivity (Wildman–Crippen MR) is 66.5 cm³/mol. The van der Waals surface area contributed by atoms with Crippen LogP contribution >= 0.6 is 11.6 Å². The fraction of sp³-hybridized carbons (Fsp3) is 0.333. The smallest absolute Gasteiger partial charge is 0.340 e. The van der Waals surface area contributed by atoms with E-state index >= 15 is 0 Å². The molecular formula is C12H14ClNO3. The van der Waals surface area contributed by atoms with Gasteiger partial charge < -0.3 is 10.5 Å². The molecule has 0 saturated carbocycles. The number of Topliss-reactive ketones (excluding diaryl/α,β-unsaturated/α-hetero) is 1. The lowest BCUT2D eigenvalue weighted by molar-refractivity contribution is 0.0524. The van der Waals surface area contributed by atoms with Crippen LogP contribution < -0.4 is 5.73 Å². The van der Waals surface area contributed by atoms with Crippen molar-refractivity contribution in [2.75, 3.05) is 12.3 Å². The van der Waals surface area contributed by atoms with E-state index in [0.717, 1.165) is 0 Å². The SMILES string of the molecule is CCOC(=O)c1c(N)cccc1C(=O)C(C)Cl. The quantitative estimate of drug-likeness (QED) is 0.388. The zero-order valence-corrected chi connectivity index (χ0v) is 10.5. The van der Waals surface area contributed by atoms with Crippen LogP contribution in [0.2, 0.25) is 0 Å². The van der Waals surface area contributed by atoms with Crippen molar-refractivity contribution in [2.24, 2.45) is 0 Å². The minimum absolute atomic E-state index is 0.0897. The number of nitrogens with two attached hydrogens (primary N) is 1. The van der Waals surface area contributed by atoms with E-state index in [1.165, 1.54) is 6.07 Å². The van der Waals surface area contributed by atoms with Gasteiger partial charge in [-0.1, -0.05) is 12.1 Å². The zero-order valence-electron chi connectivity index (χ0n) is 9.70. The average molecular weight is 256 g/mol. The Morgan fingerprint density at radius 3 is 2.65 bits per heavy atom. The summed E-state index contributed by atoms with van der Waals surface area (Å²) < 4.78 is 4.87. The number of rotatable bonds is 4. The maximum atomic E-state index is 11.8. The van der Waals surface area contributed by atoms with E-state index in [1.807, 2.05) is 0 Å². The second-order valence-corrected chi connectivity index (χ2v) is 4.13.